The molecule has 0 aromatic carbocycles. The molecule has 84 valence electrons. The molecule has 0 nitrogen and oxygen atoms in total. The Morgan fingerprint density at radius 2 is 1.07 bits per heavy atom. The van der Waals surface area contributed by atoms with E-state index in [0.717, 1.165) is 25.7 Å². The van der Waals surface area contributed by atoms with Crippen LogP contribution in [0.15, 0.2) is 0 Å². The number of hydrogen-bond acceptors (Lipinski definition) is 0. The maximum Gasteiger partial charge on any atom is 0.00890 e. The van der Waals surface area contributed by atoms with Crippen molar-refractivity contribution < 1.29 is 0 Å². The van der Waals surface area contributed by atoms with Crippen LogP contribution in [0.1, 0.15) is 71.6 Å². The van der Waals surface area contributed by atoms with E-state index in [1.165, 1.54) is 32.1 Å². The van der Waals surface area contributed by atoms with E-state index in [0.29, 0.717) is 0 Å². The summed E-state index contributed by atoms with van der Waals surface area (Å²) >= 11 is 0. The zero-order chi connectivity index (χ0) is 11.2. The van der Waals surface area contributed by atoms with Crippen molar-refractivity contribution in [1.82, 2.24) is 0 Å². The van der Waals surface area contributed by atoms with Gasteiger partial charge in [-0.05, 0) is 19.3 Å². The second-order valence-electron chi connectivity index (χ2n) is 3.72. The first kappa shape index (κ1) is 14.1. The van der Waals surface area contributed by atoms with E-state index in [4.69, 9.17) is 0 Å². The fraction of sp³-hybridized carbons (Fsp3) is 0.733. The molecule has 15 heavy (non-hydrogen) atoms. The zero-order valence-electron chi connectivity index (χ0n) is 10.4. The molecule has 0 aliphatic rings. The van der Waals surface area contributed by atoms with Crippen LogP contribution in [0.4, 0.5) is 0 Å². The van der Waals surface area contributed by atoms with Gasteiger partial charge in [0, 0.05) is 25.7 Å². The highest BCUT2D eigenvalue weighted by Gasteiger charge is 1.83. The first-order valence-electron chi connectivity index (χ1n) is 6.33. The minimum atomic E-state index is 0.983. The molecule has 0 N–H and O–H groups in total. The Morgan fingerprint density at radius 3 is 1.53 bits per heavy atom. The molecule has 0 bridgehead atoms. The van der Waals surface area contributed by atoms with Crippen LogP contribution in [-0.4, -0.2) is 0 Å². The maximum absolute atomic E-state index is 3.24. The summed E-state index contributed by atoms with van der Waals surface area (Å²) in [5.41, 5.74) is 0. The lowest BCUT2D eigenvalue weighted by Gasteiger charge is -1.90. The average Bonchev–Trinajstić information content (AvgIpc) is 2.26. The van der Waals surface area contributed by atoms with E-state index >= 15 is 0 Å². The summed E-state index contributed by atoms with van der Waals surface area (Å²) in [6.07, 6.45) is 10.5. The van der Waals surface area contributed by atoms with Gasteiger partial charge in [0.15, 0.2) is 0 Å². The highest BCUT2D eigenvalue weighted by Crippen LogP contribution is 1.99. The molecule has 0 aliphatic heterocycles. The van der Waals surface area contributed by atoms with Gasteiger partial charge in [-0.15, -0.1) is 23.7 Å². The van der Waals surface area contributed by atoms with E-state index in [1.807, 2.05) is 0 Å². The molecular formula is C15H24. The molecule has 0 saturated heterocycles. The van der Waals surface area contributed by atoms with Crippen molar-refractivity contribution in [3.63, 3.8) is 0 Å². The second-order valence-corrected chi connectivity index (χ2v) is 3.72. The predicted octanol–water partition coefficient (Wildman–Crippen LogP) is 4.54. The first-order valence-corrected chi connectivity index (χ1v) is 6.33. The molecule has 0 heterocycles. The van der Waals surface area contributed by atoms with Crippen LogP contribution >= 0.6 is 0 Å². The van der Waals surface area contributed by atoms with Crippen molar-refractivity contribution >= 4 is 0 Å². The van der Waals surface area contributed by atoms with Gasteiger partial charge in [-0.3, -0.25) is 0 Å². The Bertz CT molecular complexity index is 228. The summed E-state index contributed by atoms with van der Waals surface area (Å²) in [6.45, 7) is 4.32. The van der Waals surface area contributed by atoms with Crippen molar-refractivity contribution in [1.29, 1.82) is 0 Å². The van der Waals surface area contributed by atoms with Gasteiger partial charge in [0.1, 0.15) is 0 Å². The second kappa shape index (κ2) is 13.1. The van der Waals surface area contributed by atoms with Gasteiger partial charge in [0.25, 0.3) is 0 Å². The molecule has 0 spiro atoms. The highest BCUT2D eigenvalue weighted by atomic mass is 13.9. The zero-order valence-corrected chi connectivity index (χ0v) is 10.4. The summed E-state index contributed by atoms with van der Waals surface area (Å²) in [5.74, 6) is 12.7. The monoisotopic (exact) mass is 204 g/mol. The van der Waals surface area contributed by atoms with E-state index in [2.05, 4.69) is 37.5 Å². The molecule has 0 fully saturated rings. The van der Waals surface area contributed by atoms with Crippen LogP contribution in [0.2, 0.25) is 0 Å². The van der Waals surface area contributed by atoms with Crippen LogP contribution < -0.4 is 0 Å². The summed E-state index contributed by atoms with van der Waals surface area (Å²) in [7, 11) is 0. The van der Waals surface area contributed by atoms with E-state index < -0.39 is 0 Å². The molecule has 0 aromatic heterocycles. The normalized spacial score (nSPS) is 8.67. The molecule has 0 aromatic rings. The molecule has 0 atom stereocenters. The standard InChI is InChI=1S/C15H24/c1-3-5-7-9-11-13-15-14-12-10-8-6-4-2/h3-5,7,9-10,12,14-15H2,1-2H3. The third-order valence-electron chi connectivity index (χ3n) is 2.19. The van der Waals surface area contributed by atoms with Crippen molar-refractivity contribution in [2.45, 2.75) is 71.6 Å². The minimum Gasteiger partial charge on any atom is -0.104 e. The Kier molecular flexibility index (Phi) is 12.4. The molecule has 0 rings (SSSR count). The average molecular weight is 204 g/mol. The Hall–Kier alpha value is -0.880. The Labute approximate surface area is 95.8 Å². The van der Waals surface area contributed by atoms with Crippen LogP contribution in [0.25, 0.3) is 0 Å². The van der Waals surface area contributed by atoms with Crippen molar-refractivity contribution in [3.8, 4) is 23.7 Å². The minimum absolute atomic E-state index is 0.983. The quantitative estimate of drug-likeness (QED) is 0.440. The molecule has 0 amide bonds. The van der Waals surface area contributed by atoms with Gasteiger partial charge in [-0.1, -0.05) is 26.7 Å². The van der Waals surface area contributed by atoms with Crippen molar-refractivity contribution in [2.24, 2.45) is 0 Å². The van der Waals surface area contributed by atoms with E-state index in [-0.39, 0.29) is 0 Å². The number of hydrogen-bond donors (Lipinski definition) is 0. The maximum atomic E-state index is 3.24. The van der Waals surface area contributed by atoms with E-state index in [9.17, 15) is 0 Å². The van der Waals surface area contributed by atoms with Crippen LogP contribution in [-0.2, 0) is 0 Å². The first-order chi connectivity index (χ1) is 7.41. The Balaban J connectivity index is 3.15. The summed E-state index contributed by atoms with van der Waals surface area (Å²) in [4.78, 5) is 0. The highest BCUT2D eigenvalue weighted by molar-refractivity contribution is 5.00. The summed E-state index contributed by atoms with van der Waals surface area (Å²) in [6, 6.07) is 0. The molecule has 0 aliphatic carbocycles. The molecule has 0 unspecified atom stereocenters. The van der Waals surface area contributed by atoms with Gasteiger partial charge in [-0.25, -0.2) is 0 Å². The third kappa shape index (κ3) is 13.1. The van der Waals surface area contributed by atoms with Gasteiger partial charge >= 0.3 is 0 Å². The fourth-order valence-electron chi connectivity index (χ4n) is 1.28. The molecule has 0 radical (unpaired) electrons. The lowest BCUT2D eigenvalue weighted by Crippen LogP contribution is -1.74. The molecular weight excluding hydrogens is 180 g/mol. The van der Waals surface area contributed by atoms with Crippen LogP contribution in [0.3, 0.4) is 0 Å². The van der Waals surface area contributed by atoms with Gasteiger partial charge in [0.2, 0.25) is 0 Å². The topological polar surface area (TPSA) is 0 Å². The van der Waals surface area contributed by atoms with Gasteiger partial charge in [0.05, 0.1) is 0 Å². The van der Waals surface area contributed by atoms with Crippen LogP contribution in [0.5, 0.6) is 0 Å². The largest absolute Gasteiger partial charge is 0.104 e. The van der Waals surface area contributed by atoms with Gasteiger partial charge < -0.3 is 0 Å². The van der Waals surface area contributed by atoms with Gasteiger partial charge in [-0.2, -0.15) is 0 Å². The van der Waals surface area contributed by atoms with Crippen molar-refractivity contribution in [3.05, 3.63) is 0 Å². The Morgan fingerprint density at radius 1 is 0.600 bits per heavy atom. The smallest absolute Gasteiger partial charge is 0.00890 e. The molecule has 0 saturated carbocycles. The lowest BCUT2D eigenvalue weighted by atomic mass is 10.2. The van der Waals surface area contributed by atoms with Crippen LogP contribution in [0, 0.1) is 23.7 Å². The third-order valence-corrected chi connectivity index (χ3v) is 2.19. The van der Waals surface area contributed by atoms with Crippen molar-refractivity contribution in [2.75, 3.05) is 0 Å². The summed E-state index contributed by atoms with van der Waals surface area (Å²) < 4.78 is 0. The molecule has 0 heteroatoms. The van der Waals surface area contributed by atoms with E-state index in [1.54, 1.807) is 0 Å². The fourth-order valence-corrected chi connectivity index (χ4v) is 1.28. The lowest BCUT2D eigenvalue weighted by molar-refractivity contribution is 0.735. The number of unbranched alkanes of at least 4 members (excludes halogenated alkanes) is 6. The summed E-state index contributed by atoms with van der Waals surface area (Å²) in [5, 5.41) is 0. The number of rotatable bonds is 6. The predicted molar refractivity (Wildman–Crippen MR) is 68.5 cm³/mol. The SMILES string of the molecule is CCC#CCCCCC#CCCCCC.